The Morgan fingerprint density at radius 1 is 0.957 bits per heavy atom. The molecule has 1 aliphatic heterocycles. The Morgan fingerprint density at radius 3 is 2.43 bits per heavy atom. The van der Waals surface area contributed by atoms with E-state index in [0.29, 0.717) is 0 Å². The van der Waals surface area contributed by atoms with Gasteiger partial charge >= 0.3 is 0 Å². The van der Waals surface area contributed by atoms with Gasteiger partial charge in [0.15, 0.2) is 0 Å². The van der Waals surface area contributed by atoms with E-state index < -0.39 is 0 Å². The molecule has 1 saturated heterocycles. The molecule has 1 aromatic carbocycles. The van der Waals surface area contributed by atoms with Crippen LogP contribution in [-0.4, -0.2) is 37.2 Å². The molecule has 1 aliphatic carbocycles. The van der Waals surface area contributed by atoms with Gasteiger partial charge in [0.2, 0.25) is 0 Å². The molecule has 0 aromatic heterocycles. The van der Waals surface area contributed by atoms with Gasteiger partial charge in [0.1, 0.15) is 0 Å². The van der Waals surface area contributed by atoms with Gasteiger partial charge in [-0.25, -0.2) is 0 Å². The monoisotopic (exact) mass is 315 g/mol. The highest BCUT2D eigenvalue weighted by Crippen LogP contribution is 2.18. The maximum absolute atomic E-state index is 3.84. The van der Waals surface area contributed by atoms with Gasteiger partial charge in [-0.05, 0) is 50.3 Å². The molecule has 0 unspecified atom stereocenters. The van der Waals surface area contributed by atoms with Gasteiger partial charge in [0.05, 0.1) is 0 Å². The molecule has 3 rings (SSSR count). The van der Waals surface area contributed by atoms with Crippen LogP contribution >= 0.6 is 0 Å². The fourth-order valence-corrected chi connectivity index (χ4v) is 4.02. The van der Waals surface area contributed by atoms with Crippen LogP contribution in [0, 0.1) is 5.92 Å². The molecule has 0 amide bonds. The van der Waals surface area contributed by atoms with Crippen molar-refractivity contribution in [2.75, 3.05) is 26.3 Å². The lowest BCUT2D eigenvalue weighted by molar-refractivity contribution is 0.172. The van der Waals surface area contributed by atoms with E-state index in [-0.39, 0.29) is 0 Å². The van der Waals surface area contributed by atoms with E-state index in [2.05, 4.69) is 45.9 Å². The molecular weight excluding hydrogens is 282 g/mol. The summed E-state index contributed by atoms with van der Waals surface area (Å²) in [7, 11) is 0. The number of hydrogen-bond acceptors (Lipinski definition) is 3. The van der Waals surface area contributed by atoms with Crippen molar-refractivity contribution in [2.24, 2.45) is 5.92 Å². The normalized spacial score (nSPS) is 20.9. The van der Waals surface area contributed by atoms with Crippen molar-refractivity contribution in [3.63, 3.8) is 0 Å². The van der Waals surface area contributed by atoms with Crippen molar-refractivity contribution in [3.05, 3.63) is 35.9 Å². The summed E-state index contributed by atoms with van der Waals surface area (Å²) in [5.74, 6) is 0.855. The van der Waals surface area contributed by atoms with Gasteiger partial charge in [-0.15, -0.1) is 0 Å². The number of benzene rings is 1. The van der Waals surface area contributed by atoms with Crippen molar-refractivity contribution >= 4 is 0 Å². The van der Waals surface area contributed by atoms with E-state index in [1.807, 2.05) is 0 Å². The van der Waals surface area contributed by atoms with Crippen LogP contribution in [0.15, 0.2) is 30.3 Å². The molecular formula is C20H33N3. The summed E-state index contributed by atoms with van der Waals surface area (Å²) in [4.78, 5) is 2.64. The Hall–Kier alpha value is -0.900. The second-order valence-electron chi connectivity index (χ2n) is 7.39. The molecule has 0 bridgehead atoms. The Kier molecular flexibility index (Phi) is 6.93. The van der Waals surface area contributed by atoms with Gasteiger partial charge < -0.3 is 10.6 Å². The van der Waals surface area contributed by atoms with Gasteiger partial charge in [-0.3, -0.25) is 4.90 Å². The van der Waals surface area contributed by atoms with Gasteiger partial charge in [-0.1, -0.05) is 49.6 Å². The zero-order chi connectivity index (χ0) is 15.7. The standard InChI is InChI=1S/C20H33N3/c1-3-7-18(8-4-1)15-23(16-19-11-13-21-14-12-19)17-22-20-9-5-2-6-10-20/h1,3-4,7-8,19-22H,2,5-6,9-17H2. The third-order valence-corrected chi connectivity index (χ3v) is 5.43. The topological polar surface area (TPSA) is 27.3 Å². The fourth-order valence-electron chi connectivity index (χ4n) is 4.02. The predicted molar refractivity (Wildman–Crippen MR) is 97.3 cm³/mol. The Bertz CT molecular complexity index is 422. The van der Waals surface area contributed by atoms with Crippen LogP contribution in [0.25, 0.3) is 0 Å². The Balaban J connectivity index is 1.53. The number of piperidine rings is 1. The molecule has 1 saturated carbocycles. The first-order valence-electron chi connectivity index (χ1n) is 9.60. The van der Waals surface area contributed by atoms with Crippen molar-refractivity contribution in [2.45, 2.75) is 57.5 Å². The summed E-state index contributed by atoms with van der Waals surface area (Å²) in [6.07, 6.45) is 9.64. The Morgan fingerprint density at radius 2 is 1.70 bits per heavy atom. The average molecular weight is 316 g/mol. The summed E-state index contributed by atoms with van der Waals surface area (Å²) in [5.41, 5.74) is 1.44. The summed E-state index contributed by atoms with van der Waals surface area (Å²) in [6.45, 7) is 5.74. The van der Waals surface area contributed by atoms with E-state index in [1.165, 1.54) is 70.1 Å². The van der Waals surface area contributed by atoms with Crippen LogP contribution in [0.4, 0.5) is 0 Å². The van der Waals surface area contributed by atoms with Crippen LogP contribution in [0.1, 0.15) is 50.5 Å². The van der Waals surface area contributed by atoms with E-state index in [4.69, 9.17) is 0 Å². The largest absolute Gasteiger partial charge is 0.317 e. The van der Waals surface area contributed by atoms with E-state index in [1.54, 1.807) is 0 Å². The van der Waals surface area contributed by atoms with Gasteiger partial charge in [0, 0.05) is 25.8 Å². The first kappa shape index (κ1) is 16.9. The minimum absolute atomic E-state index is 0.745. The Labute approximate surface area is 141 Å². The van der Waals surface area contributed by atoms with Crippen molar-refractivity contribution in [3.8, 4) is 0 Å². The maximum atomic E-state index is 3.84. The first-order chi connectivity index (χ1) is 11.4. The van der Waals surface area contributed by atoms with Gasteiger partial charge in [0.25, 0.3) is 0 Å². The quantitative estimate of drug-likeness (QED) is 0.756. The minimum Gasteiger partial charge on any atom is -0.317 e. The summed E-state index contributed by atoms with van der Waals surface area (Å²) >= 11 is 0. The third kappa shape index (κ3) is 5.91. The number of nitrogens with zero attached hydrogens (tertiary/aromatic N) is 1. The van der Waals surface area contributed by atoms with Crippen molar-refractivity contribution in [1.82, 2.24) is 15.5 Å². The second kappa shape index (κ2) is 9.41. The summed E-state index contributed by atoms with van der Waals surface area (Å²) in [6, 6.07) is 11.7. The zero-order valence-corrected chi connectivity index (χ0v) is 14.5. The average Bonchev–Trinajstić information content (AvgIpc) is 2.62. The molecule has 2 aliphatic rings. The maximum Gasteiger partial charge on any atom is 0.0486 e. The predicted octanol–water partition coefficient (Wildman–Crippen LogP) is 3.37. The van der Waals surface area contributed by atoms with Gasteiger partial charge in [-0.2, -0.15) is 0 Å². The van der Waals surface area contributed by atoms with Crippen LogP contribution < -0.4 is 10.6 Å². The highest BCUT2D eigenvalue weighted by atomic mass is 15.2. The van der Waals surface area contributed by atoms with E-state index in [0.717, 1.165) is 25.2 Å². The summed E-state index contributed by atoms with van der Waals surface area (Å²) < 4.78 is 0. The molecule has 1 heterocycles. The molecule has 2 fully saturated rings. The van der Waals surface area contributed by atoms with Crippen LogP contribution in [0.2, 0.25) is 0 Å². The minimum atomic E-state index is 0.745. The zero-order valence-electron chi connectivity index (χ0n) is 14.5. The first-order valence-corrected chi connectivity index (χ1v) is 9.60. The molecule has 3 nitrogen and oxygen atoms in total. The molecule has 2 N–H and O–H groups in total. The molecule has 0 radical (unpaired) electrons. The molecule has 23 heavy (non-hydrogen) atoms. The molecule has 1 aromatic rings. The van der Waals surface area contributed by atoms with E-state index >= 15 is 0 Å². The van der Waals surface area contributed by atoms with Crippen molar-refractivity contribution in [1.29, 1.82) is 0 Å². The smallest absolute Gasteiger partial charge is 0.0486 e. The molecule has 0 atom stereocenters. The SMILES string of the molecule is c1ccc(CN(CNC2CCCCC2)CC2CCNCC2)cc1. The third-order valence-electron chi connectivity index (χ3n) is 5.43. The highest BCUT2D eigenvalue weighted by Gasteiger charge is 2.19. The summed E-state index contributed by atoms with van der Waals surface area (Å²) in [5, 5.41) is 7.33. The highest BCUT2D eigenvalue weighted by molar-refractivity contribution is 5.14. The molecule has 3 heteroatoms. The van der Waals surface area contributed by atoms with Crippen LogP contribution in [0.5, 0.6) is 0 Å². The van der Waals surface area contributed by atoms with Crippen molar-refractivity contribution < 1.29 is 0 Å². The lowest BCUT2D eigenvalue weighted by Gasteiger charge is -2.32. The fraction of sp³-hybridized carbons (Fsp3) is 0.700. The van der Waals surface area contributed by atoms with Crippen LogP contribution in [0.3, 0.4) is 0 Å². The lowest BCUT2D eigenvalue weighted by Crippen LogP contribution is -2.43. The number of rotatable bonds is 7. The molecule has 128 valence electrons. The van der Waals surface area contributed by atoms with E-state index in [9.17, 15) is 0 Å². The second-order valence-corrected chi connectivity index (χ2v) is 7.39. The number of hydrogen-bond donors (Lipinski definition) is 2. The molecule has 0 spiro atoms. The lowest BCUT2D eigenvalue weighted by atomic mass is 9.95. The number of nitrogens with one attached hydrogen (secondary N) is 2. The van der Waals surface area contributed by atoms with Crippen LogP contribution in [-0.2, 0) is 6.54 Å².